The highest BCUT2D eigenvalue weighted by Crippen LogP contribution is 2.15. The fourth-order valence-corrected chi connectivity index (χ4v) is 2.73. The van der Waals surface area contributed by atoms with Crippen LogP contribution in [0.25, 0.3) is 0 Å². The van der Waals surface area contributed by atoms with Gasteiger partial charge in [0.1, 0.15) is 0 Å². The minimum absolute atomic E-state index is 0.172. The van der Waals surface area contributed by atoms with Crippen LogP contribution in [0.5, 0.6) is 0 Å². The molecular formula is C18H25N3O. The summed E-state index contributed by atoms with van der Waals surface area (Å²) in [6.45, 7) is 6.80. The van der Waals surface area contributed by atoms with Crippen LogP contribution in [0.2, 0.25) is 0 Å². The second-order valence-corrected chi connectivity index (χ2v) is 5.95. The average molecular weight is 299 g/mol. The van der Waals surface area contributed by atoms with Crippen molar-refractivity contribution in [2.45, 2.75) is 40.2 Å². The molecule has 0 fully saturated rings. The third-order valence-corrected chi connectivity index (χ3v) is 4.34. The summed E-state index contributed by atoms with van der Waals surface area (Å²) in [4.78, 5) is 14.2. The molecule has 0 atom stereocenters. The quantitative estimate of drug-likeness (QED) is 0.851. The number of hydrogen-bond acceptors (Lipinski definition) is 2. The third-order valence-electron chi connectivity index (χ3n) is 4.34. The lowest BCUT2D eigenvalue weighted by molar-refractivity contribution is -0.130. The first-order chi connectivity index (χ1) is 10.4. The Morgan fingerprint density at radius 1 is 1.23 bits per heavy atom. The van der Waals surface area contributed by atoms with Gasteiger partial charge in [0.25, 0.3) is 0 Å². The van der Waals surface area contributed by atoms with E-state index in [0.29, 0.717) is 13.0 Å². The van der Waals surface area contributed by atoms with Gasteiger partial charge in [-0.15, -0.1) is 0 Å². The largest absolute Gasteiger partial charge is 0.341 e. The predicted molar refractivity (Wildman–Crippen MR) is 88.7 cm³/mol. The molecule has 0 aliphatic heterocycles. The highest BCUT2D eigenvalue weighted by molar-refractivity contribution is 5.76. The van der Waals surface area contributed by atoms with Crippen molar-refractivity contribution in [3.05, 3.63) is 52.3 Å². The monoisotopic (exact) mass is 299 g/mol. The lowest BCUT2D eigenvalue weighted by Crippen LogP contribution is -2.26. The molecular weight excluding hydrogens is 274 g/mol. The molecule has 0 unspecified atom stereocenters. The molecule has 0 spiro atoms. The van der Waals surface area contributed by atoms with E-state index in [4.69, 9.17) is 0 Å². The van der Waals surface area contributed by atoms with E-state index in [1.165, 1.54) is 16.7 Å². The van der Waals surface area contributed by atoms with Gasteiger partial charge >= 0.3 is 0 Å². The van der Waals surface area contributed by atoms with Crippen LogP contribution in [0.15, 0.2) is 24.3 Å². The summed E-state index contributed by atoms with van der Waals surface area (Å²) in [5.41, 5.74) is 5.79. The molecule has 1 aromatic carbocycles. The van der Waals surface area contributed by atoms with Gasteiger partial charge < -0.3 is 4.90 Å². The van der Waals surface area contributed by atoms with Gasteiger partial charge in [0.15, 0.2) is 0 Å². The van der Waals surface area contributed by atoms with Crippen molar-refractivity contribution >= 4 is 5.91 Å². The van der Waals surface area contributed by atoms with Crippen LogP contribution in [0.1, 0.15) is 34.5 Å². The van der Waals surface area contributed by atoms with Gasteiger partial charge in [-0.05, 0) is 43.9 Å². The molecule has 0 saturated heterocycles. The smallest absolute Gasteiger partial charge is 0.222 e. The van der Waals surface area contributed by atoms with Crippen LogP contribution in [0, 0.1) is 20.8 Å². The Bertz CT molecular complexity index is 673. The van der Waals surface area contributed by atoms with Crippen LogP contribution in [-0.2, 0) is 24.8 Å². The Balaban J connectivity index is 1.96. The Labute approximate surface area is 132 Å². The van der Waals surface area contributed by atoms with Crippen molar-refractivity contribution < 1.29 is 4.79 Å². The van der Waals surface area contributed by atoms with E-state index in [1.54, 1.807) is 0 Å². The second-order valence-electron chi connectivity index (χ2n) is 5.95. The first kappa shape index (κ1) is 16.3. The van der Waals surface area contributed by atoms with Crippen molar-refractivity contribution in [2.24, 2.45) is 7.05 Å². The zero-order chi connectivity index (χ0) is 16.3. The summed E-state index contributed by atoms with van der Waals surface area (Å²) in [7, 11) is 3.82. The van der Waals surface area contributed by atoms with Crippen LogP contribution < -0.4 is 0 Å². The second kappa shape index (κ2) is 6.77. The van der Waals surface area contributed by atoms with E-state index in [0.717, 1.165) is 17.8 Å². The van der Waals surface area contributed by atoms with Gasteiger partial charge in [0.05, 0.1) is 5.69 Å². The van der Waals surface area contributed by atoms with Crippen LogP contribution in [-0.4, -0.2) is 27.6 Å². The number of rotatable bonds is 5. The maximum atomic E-state index is 12.4. The van der Waals surface area contributed by atoms with Crippen molar-refractivity contribution in [3.8, 4) is 0 Å². The molecule has 0 aliphatic rings. The van der Waals surface area contributed by atoms with Crippen LogP contribution >= 0.6 is 0 Å². The summed E-state index contributed by atoms with van der Waals surface area (Å²) in [5.74, 6) is 0.172. The minimum Gasteiger partial charge on any atom is -0.341 e. The zero-order valence-corrected chi connectivity index (χ0v) is 14.2. The number of aromatic nitrogens is 2. The van der Waals surface area contributed by atoms with Crippen LogP contribution in [0.3, 0.4) is 0 Å². The molecule has 4 nitrogen and oxygen atoms in total. The normalized spacial score (nSPS) is 10.8. The molecule has 4 heteroatoms. The van der Waals surface area contributed by atoms with Crippen molar-refractivity contribution in [1.29, 1.82) is 0 Å². The molecule has 0 saturated carbocycles. The van der Waals surface area contributed by atoms with Crippen molar-refractivity contribution in [1.82, 2.24) is 14.7 Å². The lowest BCUT2D eigenvalue weighted by atomic mass is 10.1. The third kappa shape index (κ3) is 3.56. The SMILES string of the molecule is Cc1ccccc1CN(C)C(=O)CCc1c(C)nn(C)c1C. The van der Waals surface area contributed by atoms with E-state index < -0.39 is 0 Å². The molecule has 1 heterocycles. The summed E-state index contributed by atoms with van der Waals surface area (Å²) < 4.78 is 1.88. The molecule has 0 radical (unpaired) electrons. The van der Waals surface area contributed by atoms with E-state index >= 15 is 0 Å². The maximum Gasteiger partial charge on any atom is 0.222 e. The van der Waals surface area contributed by atoms with E-state index in [2.05, 4.69) is 31.1 Å². The molecule has 0 N–H and O–H groups in total. The Kier molecular flexibility index (Phi) is 5.01. The van der Waals surface area contributed by atoms with Gasteiger partial charge in [0.2, 0.25) is 5.91 Å². The number of carbonyl (C=O) groups is 1. The Morgan fingerprint density at radius 2 is 1.91 bits per heavy atom. The highest BCUT2D eigenvalue weighted by Gasteiger charge is 2.14. The van der Waals surface area contributed by atoms with Gasteiger partial charge in [-0.25, -0.2) is 0 Å². The van der Waals surface area contributed by atoms with Crippen molar-refractivity contribution in [2.75, 3.05) is 7.05 Å². The number of benzene rings is 1. The molecule has 118 valence electrons. The summed E-state index contributed by atoms with van der Waals surface area (Å²) >= 11 is 0. The summed E-state index contributed by atoms with van der Waals surface area (Å²) in [6, 6.07) is 8.20. The fourth-order valence-electron chi connectivity index (χ4n) is 2.73. The van der Waals surface area contributed by atoms with Gasteiger partial charge in [0, 0.05) is 32.8 Å². The number of carbonyl (C=O) groups excluding carboxylic acids is 1. The number of hydrogen-bond donors (Lipinski definition) is 0. The first-order valence-corrected chi connectivity index (χ1v) is 7.67. The molecule has 22 heavy (non-hydrogen) atoms. The minimum atomic E-state index is 0.172. The fraction of sp³-hybridized carbons (Fsp3) is 0.444. The first-order valence-electron chi connectivity index (χ1n) is 7.67. The molecule has 2 rings (SSSR count). The maximum absolute atomic E-state index is 12.4. The molecule has 0 aliphatic carbocycles. The topological polar surface area (TPSA) is 38.1 Å². The highest BCUT2D eigenvalue weighted by atomic mass is 16.2. The molecule has 0 bridgehead atoms. The number of amides is 1. The average Bonchev–Trinajstić information content (AvgIpc) is 2.72. The Morgan fingerprint density at radius 3 is 2.50 bits per heavy atom. The summed E-state index contributed by atoms with van der Waals surface area (Å²) in [6.07, 6.45) is 1.28. The lowest BCUT2D eigenvalue weighted by Gasteiger charge is -2.18. The molecule has 1 amide bonds. The van der Waals surface area contributed by atoms with E-state index in [1.807, 2.05) is 42.7 Å². The van der Waals surface area contributed by atoms with Crippen molar-refractivity contribution in [3.63, 3.8) is 0 Å². The van der Waals surface area contributed by atoms with Gasteiger partial charge in [-0.2, -0.15) is 5.10 Å². The standard InChI is InChI=1S/C18H25N3O/c1-13-8-6-7-9-16(13)12-20(4)18(22)11-10-17-14(2)19-21(5)15(17)3/h6-9H,10-12H2,1-5H3. The Hall–Kier alpha value is -2.10. The van der Waals surface area contributed by atoms with Gasteiger partial charge in [-0.1, -0.05) is 24.3 Å². The van der Waals surface area contributed by atoms with E-state index in [9.17, 15) is 4.79 Å². The zero-order valence-electron chi connectivity index (χ0n) is 14.2. The van der Waals surface area contributed by atoms with Crippen LogP contribution in [0.4, 0.5) is 0 Å². The number of aryl methyl sites for hydroxylation is 3. The van der Waals surface area contributed by atoms with Gasteiger partial charge in [-0.3, -0.25) is 9.48 Å². The summed E-state index contributed by atoms with van der Waals surface area (Å²) in [5, 5.41) is 4.40. The number of nitrogens with zero attached hydrogens (tertiary/aromatic N) is 3. The molecule has 1 aromatic heterocycles. The molecule has 2 aromatic rings. The predicted octanol–water partition coefficient (Wildman–Crippen LogP) is 2.94. The van der Waals surface area contributed by atoms with E-state index in [-0.39, 0.29) is 5.91 Å².